The van der Waals surface area contributed by atoms with E-state index in [1.54, 1.807) is 0 Å². The molecule has 1 fully saturated rings. The van der Waals surface area contributed by atoms with Gasteiger partial charge in [0.25, 0.3) is 0 Å². The van der Waals surface area contributed by atoms with Gasteiger partial charge in [0.2, 0.25) is 22.7 Å². The lowest BCUT2D eigenvalue weighted by Gasteiger charge is -2.30. The van der Waals surface area contributed by atoms with Gasteiger partial charge >= 0.3 is 0 Å². The first-order valence-corrected chi connectivity index (χ1v) is 10.9. The molecule has 9 heteroatoms. The molecule has 2 aliphatic heterocycles. The maximum Gasteiger partial charge on any atom is 0.231 e. The summed E-state index contributed by atoms with van der Waals surface area (Å²) in [5.41, 5.74) is 1.04. The third-order valence-corrected chi connectivity index (χ3v) is 6.47. The van der Waals surface area contributed by atoms with Crippen molar-refractivity contribution in [3.05, 3.63) is 23.8 Å². The zero-order valence-corrected chi connectivity index (χ0v) is 16.8. The van der Waals surface area contributed by atoms with Gasteiger partial charge in [0.1, 0.15) is 0 Å². The van der Waals surface area contributed by atoms with E-state index >= 15 is 0 Å². The Kier molecular flexibility index (Phi) is 5.92. The summed E-state index contributed by atoms with van der Waals surface area (Å²) in [6, 6.07) is 5.81. The molecule has 3 rings (SSSR count). The first-order valence-electron chi connectivity index (χ1n) is 9.04. The summed E-state index contributed by atoms with van der Waals surface area (Å²) in [5.74, 6) is 1.29. The van der Waals surface area contributed by atoms with Gasteiger partial charge in [-0.15, -0.1) is 0 Å². The first kappa shape index (κ1) is 19.9. The lowest BCUT2D eigenvalue weighted by Crippen LogP contribution is -2.44. The molecule has 0 saturated carbocycles. The van der Waals surface area contributed by atoms with Gasteiger partial charge in [-0.2, -0.15) is 0 Å². The number of nitrogens with zero attached hydrogens (tertiary/aromatic N) is 2. The minimum absolute atomic E-state index is 0.000409. The molecule has 8 nitrogen and oxygen atoms in total. The Morgan fingerprint density at radius 1 is 1.26 bits per heavy atom. The van der Waals surface area contributed by atoms with E-state index in [0.29, 0.717) is 32.5 Å². The maximum absolute atomic E-state index is 12.6. The molecule has 0 radical (unpaired) electrons. The molecule has 150 valence electrons. The van der Waals surface area contributed by atoms with Crippen molar-refractivity contribution in [1.29, 1.82) is 0 Å². The highest BCUT2D eigenvalue weighted by Crippen LogP contribution is 2.35. The predicted octanol–water partition coefficient (Wildman–Crippen LogP) is 0.806. The molecule has 1 amide bonds. The van der Waals surface area contributed by atoms with Gasteiger partial charge in [-0.1, -0.05) is 6.07 Å². The molecule has 2 heterocycles. The summed E-state index contributed by atoms with van der Waals surface area (Å²) in [7, 11) is 0.748. The predicted molar refractivity (Wildman–Crippen MR) is 101 cm³/mol. The third-order valence-electron chi connectivity index (χ3n) is 5.17. The van der Waals surface area contributed by atoms with E-state index in [4.69, 9.17) is 9.47 Å². The van der Waals surface area contributed by atoms with E-state index in [0.717, 1.165) is 17.1 Å². The molecule has 1 unspecified atom stereocenters. The highest BCUT2D eigenvalue weighted by Gasteiger charge is 2.29. The van der Waals surface area contributed by atoms with Gasteiger partial charge in [0.15, 0.2) is 11.5 Å². The zero-order valence-electron chi connectivity index (χ0n) is 16.0. The summed E-state index contributed by atoms with van der Waals surface area (Å²) in [5, 5.41) is 3.03. The van der Waals surface area contributed by atoms with Gasteiger partial charge < -0.3 is 19.7 Å². The Hall–Kier alpha value is -1.84. The van der Waals surface area contributed by atoms with Crippen LogP contribution < -0.4 is 14.8 Å². The van der Waals surface area contributed by atoms with Crippen LogP contribution in [0.15, 0.2) is 18.2 Å². The third kappa shape index (κ3) is 4.72. The minimum atomic E-state index is -3.18. The molecule has 1 aromatic rings. The number of fused-ring (bicyclic) bond motifs is 1. The fourth-order valence-electron chi connectivity index (χ4n) is 3.51. The number of carbonyl (C=O) groups is 1. The van der Waals surface area contributed by atoms with Crippen molar-refractivity contribution in [3.8, 4) is 11.5 Å². The highest BCUT2D eigenvalue weighted by molar-refractivity contribution is 7.88. The summed E-state index contributed by atoms with van der Waals surface area (Å²) in [6.45, 7) is 1.50. The van der Waals surface area contributed by atoms with Crippen LogP contribution in [0.3, 0.4) is 0 Å². The van der Waals surface area contributed by atoms with Crippen molar-refractivity contribution in [1.82, 2.24) is 14.5 Å². The second-order valence-electron chi connectivity index (χ2n) is 7.27. The summed E-state index contributed by atoms with van der Waals surface area (Å²) >= 11 is 0. The largest absolute Gasteiger partial charge is 0.454 e. The molecule has 1 aromatic carbocycles. The fraction of sp³-hybridized carbons (Fsp3) is 0.611. The minimum Gasteiger partial charge on any atom is -0.454 e. The quantitative estimate of drug-likeness (QED) is 0.764. The van der Waals surface area contributed by atoms with Crippen LogP contribution in [0.1, 0.15) is 24.4 Å². The van der Waals surface area contributed by atoms with Crippen molar-refractivity contribution in [2.24, 2.45) is 5.92 Å². The molecular formula is C18H27N3O5S. The Balaban J connectivity index is 1.58. The zero-order chi connectivity index (χ0) is 19.6. The number of rotatable bonds is 6. The van der Waals surface area contributed by atoms with Gasteiger partial charge in [0, 0.05) is 25.6 Å². The Morgan fingerprint density at radius 3 is 2.56 bits per heavy atom. The van der Waals surface area contributed by atoms with E-state index in [1.165, 1.54) is 10.6 Å². The second kappa shape index (κ2) is 8.04. The molecule has 0 aromatic heterocycles. The van der Waals surface area contributed by atoms with Crippen LogP contribution in [0.4, 0.5) is 0 Å². The fourth-order valence-corrected chi connectivity index (χ4v) is 4.38. The Morgan fingerprint density at radius 2 is 1.93 bits per heavy atom. The molecule has 0 bridgehead atoms. The maximum atomic E-state index is 12.6. The number of carbonyl (C=O) groups excluding carboxylic acids is 1. The van der Waals surface area contributed by atoms with E-state index in [2.05, 4.69) is 5.32 Å². The van der Waals surface area contributed by atoms with E-state index in [-0.39, 0.29) is 24.7 Å². The molecule has 27 heavy (non-hydrogen) atoms. The number of hydrogen-bond donors (Lipinski definition) is 1. The normalized spacial score (nSPS) is 19.3. The summed E-state index contributed by atoms with van der Waals surface area (Å²) < 4.78 is 35.4. The van der Waals surface area contributed by atoms with Gasteiger partial charge in [-0.3, -0.25) is 4.79 Å². The smallest absolute Gasteiger partial charge is 0.231 e. The topological polar surface area (TPSA) is 88.2 Å². The van der Waals surface area contributed by atoms with Crippen LogP contribution in [0.5, 0.6) is 11.5 Å². The monoisotopic (exact) mass is 397 g/mol. The average molecular weight is 397 g/mol. The van der Waals surface area contributed by atoms with Crippen LogP contribution >= 0.6 is 0 Å². The van der Waals surface area contributed by atoms with Crippen LogP contribution in [-0.2, 0) is 14.8 Å². The first-order chi connectivity index (χ1) is 12.8. The molecule has 1 saturated heterocycles. The number of piperidine rings is 1. The molecular weight excluding hydrogens is 370 g/mol. The number of likely N-dealkylation sites (N-methyl/N-ethyl adjacent to an activating group) is 1. The molecule has 0 aliphatic carbocycles. The van der Waals surface area contributed by atoms with E-state index in [9.17, 15) is 13.2 Å². The number of ether oxygens (including phenoxy) is 2. The summed E-state index contributed by atoms with van der Waals surface area (Å²) in [4.78, 5) is 14.6. The standard InChI is InChI=1S/C18H27N3O5S/c1-20(2)15(14-4-5-16-17(10-14)26-12-25-16)11-19-18(22)13-6-8-21(9-7-13)27(3,23)24/h4-5,10,13,15H,6-9,11-12H2,1-3H3,(H,19,22). The van der Waals surface area contributed by atoms with Crippen LogP contribution in [0.25, 0.3) is 0 Å². The van der Waals surface area contributed by atoms with Crippen LogP contribution in [0, 0.1) is 5.92 Å². The van der Waals surface area contributed by atoms with Crippen LogP contribution in [-0.4, -0.2) is 70.3 Å². The lowest BCUT2D eigenvalue weighted by molar-refractivity contribution is -0.126. The summed E-state index contributed by atoms with van der Waals surface area (Å²) in [6.07, 6.45) is 2.31. The van der Waals surface area contributed by atoms with Crippen molar-refractivity contribution < 1.29 is 22.7 Å². The molecule has 1 N–H and O–H groups in total. The van der Waals surface area contributed by atoms with Crippen molar-refractivity contribution in [2.75, 3.05) is 46.8 Å². The molecule has 1 atom stereocenters. The Labute approximate surface area is 160 Å². The van der Waals surface area contributed by atoms with Crippen molar-refractivity contribution in [2.45, 2.75) is 18.9 Å². The number of amides is 1. The van der Waals surface area contributed by atoms with Gasteiger partial charge in [0.05, 0.1) is 12.3 Å². The van der Waals surface area contributed by atoms with E-state index < -0.39 is 10.0 Å². The number of hydrogen-bond acceptors (Lipinski definition) is 6. The van der Waals surface area contributed by atoms with Gasteiger partial charge in [-0.05, 0) is 44.6 Å². The average Bonchev–Trinajstić information content (AvgIpc) is 3.08. The highest BCUT2D eigenvalue weighted by atomic mass is 32.2. The Bertz CT molecular complexity index is 788. The number of sulfonamides is 1. The molecule has 0 spiro atoms. The lowest BCUT2D eigenvalue weighted by atomic mass is 9.97. The van der Waals surface area contributed by atoms with Crippen molar-refractivity contribution in [3.63, 3.8) is 0 Å². The molecule has 2 aliphatic rings. The SMILES string of the molecule is CN(C)C(CNC(=O)C1CCN(S(C)(=O)=O)CC1)c1ccc2c(c1)OCO2. The van der Waals surface area contributed by atoms with Crippen LogP contribution in [0.2, 0.25) is 0 Å². The number of nitrogens with one attached hydrogen (secondary N) is 1. The van der Waals surface area contributed by atoms with Crippen molar-refractivity contribution >= 4 is 15.9 Å². The second-order valence-corrected chi connectivity index (χ2v) is 9.26. The number of benzene rings is 1. The van der Waals surface area contributed by atoms with Gasteiger partial charge in [-0.25, -0.2) is 12.7 Å². The van der Waals surface area contributed by atoms with E-state index in [1.807, 2.05) is 37.2 Å².